The molecule has 32 heavy (non-hydrogen) atoms. The molecule has 2 heterocycles. The number of carbonyl (C=O) groups excluding carboxylic acids is 2. The highest BCUT2D eigenvalue weighted by Gasteiger charge is 2.43. The number of hydrogen-bond donors (Lipinski definition) is 2. The van der Waals surface area contributed by atoms with Crippen LogP contribution in [-0.2, 0) is 23.9 Å². The topological polar surface area (TPSA) is 107 Å². The lowest BCUT2D eigenvalue weighted by molar-refractivity contribution is -0.148. The summed E-state index contributed by atoms with van der Waals surface area (Å²) >= 11 is 0. The van der Waals surface area contributed by atoms with Crippen LogP contribution in [0.2, 0.25) is 0 Å². The molecule has 174 valence electrons. The molecular weight excluding hydrogens is 444 g/mol. The predicted molar refractivity (Wildman–Crippen MR) is 98.5 cm³/mol. The van der Waals surface area contributed by atoms with Crippen molar-refractivity contribution in [3.63, 3.8) is 0 Å². The van der Waals surface area contributed by atoms with E-state index in [9.17, 15) is 35.9 Å². The first-order valence-corrected chi connectivity index (χ1v) is 9.47. The van der Waals surface area contributed by atoms with Gasteiger partial charge >= 0.3 is 6.18 Å². The molecule has 0 bridgehead atoms. The van der Waals surface area contributed by atoms with Crippen LogP contribution in [0.5, 0.6) is 0 Å². The van der Waals surface area contributed by atoms with Crippen LogP contribution in [0, 0.1) is 17.5 Å². The molecule has 2 atom stereocenters. The maximum absolute atomic E-state index is 13.8. The average Bonchev–Trinajstić information content (AvgIpc) is 3.07. The van der Waals surface area contributed by atoms with Gasteiger partial charge < -0.3 is 20.9 Å². The highest BCUT2D eigenvalue weighted by Crippen LogP contribution is 2.36. The molecule has 0 radical (unpaired) electrons. The van der Waals surface area contributed by atoms with Crippen molar-refractivity contribution in [2.45, 2.75) is 44.6 Å². The standard InChI is InChI=1S/C19H19F6N5O2/c1-8-16-15(17(27)32)28-18(19(23,24)25)30(16)3-2-29(8)14(31)6-10(26)4-9-5-12(21)13(22)7-11(9)20/h5,7-8,10H,2-4,6,26H2,1H3,(H2,27,32)/t8?,10-/m1/s1. The minimum absolute atomic E-state index is 0.128. The van der Waals surface area contributed by atoms with Gasteiger partial charge in [-0.3, -0.25) is 9.59 Å². The van der Waals surface area contributed by atoms with Crippen LogP contribution in [0.4, 0.5) is 26.3 Å². The Balaban J connectivity index is 1.79. The molecule has 1 aromatic heterocycles. The molecule has 1 aliphatic rings. The fourth-order valence-electron chi connectivity index (χ4n) is 3.82. The number of rotatable bonds is 5. The Bertz CT molecular complexity index is 1070. The van der Waals surface area contributed by atoms with Gasteiger partial charge in [0.1, 0.15) is 5.82 Å². The van der Waals surface area contributed by atoms with Gasteiger partial charge in [0.25, 0.3) is 5.91 Å². The second-order valence-electron chi connectivity index (χ2n) is 7.47. The van der Waals surface area contributed by atoms with E-state index in [1.807, 2.05) is 0 Å². The van der Waals surface area contributed by atoms with Gasteiger partial charge in [0.15, 0.2) is 17.3 Å². The monoisotopic (exact) mass is 463 g/mol. The van der Waals surface area contributed by atoms with Crippen LogP contribution in [0.25, 0.3) is 0 Å². The summed E-state index contributed by atoms with van der Waals surface area (Å²) in [6.07, 6.45) is -5.46. The quantitative estimate of drug-likeness (QED) is 0.524. The number of alkyl halides is 3. The number of nitrogens with zero attached hydrogens (tertiary/aromatic N) is 3. The molecule has 7 nitrogen and oxygen atoms in total. The van der Waals surface area contributed by atoms with Crippen molar-refractivity contribution in [2.75, 3.05) is 6.54 Å². The summed E-state index contributed by atoms with van der Waals surface area (Å²) in [5, 5.41) is 0. The molecule has 2 aromatic rings. The third-order valence-electron chi connectivity index (χ3n) is 5.25. The number of nitrogens with two attached hydrogens (primary N) is 2. The van der Waals surface area contributed by atoms with Gasteiger partial charge in [-0.1, -0.05) is 0 Å². The van der Waals surface area contributed by atoms with E-state index in [0.717, 1.165) is 4.57 Å². The largest absolute Gasteiger partial charge is 0.449 e. The summed E-state index contributed by atoms with van der Waals surface area (Å²) in [5.74, 6) is -6.69. The van der Waals surface area contributed by atoms with E-state index in [2.05, 4.69) is 4.98 Å². The summed E-state index contributed by atoms with van der Waals surface area (Å²) < 4.78 is 80.9. The average molecular weight is 463 g/mol. The molecule has 0 saturated heterocycles. The second-order valence-corrected chi connectivity index (χ2v) is 7.47. The minimum Gasteiger partial charge on any atom is -0.364 e. The first-order valence-electron chi connectivity index (χ1n) is 9.47. The summed E-state index contributed by atoms with van der Waals surface area (Å²) in [5.41, 5.74) is 10.1. The zero-order valence-electron chi connectivity index (χ0n) is 16.7. The zero-order valence-corrected chi connectivity index (χ0v) is 16.7. The van der Waals surface area contributed by atoms with Crippen molar-refractivity contribution >= 4 is 11.8 Å². The first kappa shape index (κ1) is 23.6. The van der Waals surface area contributed by atoms with E-state index in [0.29, 0.717) is 12.1 Å². The number of fused-ring (bicyclic) bond motifs is 1. The van der Waals surface area contributed by atoms with Gasteiger partial charge in [0.05, 0.1) is 11.7 Å². The van der Waals surface area contributed by atoms with Crippen LogP contribution in [0.3, 0.4) is 0 Å². The Kier molecular flexibility index (Phi) is 6.22. The molecule has 1 aromatic carbocycles. The molecule has 4 N–H and O–H groups in total. The summed E-state index contributed by atoms with van der Waals surface area (Å²) in [6, 6.07) is -0.942. The lowest BCUT2D eigenvalue weighted by Crippen LogP contribution is -2.44. The van der Waals surface area contributed by atoms with Gasteiger partial charge in [-0.15, -0.1) is 0 Å². The molecule has 0 aliphatic carbocycles. The van der Waals surface area contributed by atoms with Crippen LogP contribution in [-0.4, -0.2) is 38.9 Å². The van der Waals surface area contributed by atoms with Crippen LogP contribution in [0.1, 0.15) is 47.0 Å². The molecular formula is C19H19F6N5O2. The highest BCUT2D eigenvalue weighted by atomic mass is 19.4. The lowest BCUT2D eigenvalue weighted by Gasteiger charge is -2.36. The van der Waals surface area contributed by atoms with Crippen LogP contribution < -0.4 is 11.5 Å². The highest BCUT2D eigenvalue weighted by molar-refractivity contribution is 5.92. The minimum atomic E-state index is -4.83. The second kappa shape index (κ2) is 8.45. The molecule has 1 unspecified atom stereocenters. The Morgan fingerprint density at radius 2 is 1.78 bits per heavy atom. The molecule has 1 aliphatic heterocycles. The van der Waals surface area contributed by atoms with Gasteiger partial charge in [-0.05, 0) is 25.0 Å². The van der Waals surface area contributed by atoms with Crippen LogP contribution in [0.15, 0.2) is 12.1 Å². The van der Waals surface area contributed by atoms with E-state index in [4.69, 9.17) is 11.5 Å². The Morgan fingerprint density at radius 1 is 1.16 bits per heavy atom. The SMILES string of the molecule is CC1c2c(C(N)=O)nc(C(F)(F)F)n2CCN1C(=O)C[C@H](N)Cc1cc(F)c(F)cc1F. The number of aromatic nitrogens is 2. The number of benzene rings is 1. The Morgan fingerprint density at radius 3 is 2.38 bits per heavy atom. The summed E-state index contributed by atoms with van der Waals surface area (Å²) in [6.45, 7) is 1.00. The number of carbonyl (C=O) groups is 2. The lowest BCUT2D eigenvalue weighted by atomic mass is 10.0. The fourth-order valence-corrected chi connectivity index (χ4v) is 3.82. The van der Waals surface area contributed by atoms with Gasteiger partial charge in [0.2, 0.25) is 11.7 Å². The molecule has 3 rings (SSSR count). The third-order valence-corrected chi connectivity index (χ3v) is 5.25. The predicted octanol–water partition coefficient (Wildman–Crippen LogP) is 2.28. The molecule has 2 amide bonds. The van der Waals surface area contributed by atoms with E-state index < -0.39 is 59.0 Å². The number of imidazole rings is 1. The van der Waals surface area contributed by atoms with Crippen molar-refractivity contribution < 1.29 is 35.9 Å². The van der Waals surface area contributed by atoms with E-state index in [1.165, 1.54) is 11.8 Å². The van der Waals surface area contributed by atoms with Gasteiger partial charge in [-0.2, -0.15) is 13.2 Å². The van der Waals surface area contributed by atoms with Crippen molar-refractivity contribution in [1.82, 2.24) is 14.5 Å². The normalized spacial score (nSPS) is 17.2. The fraction of sp³-hybridized carbons (Fsp3) is 0.421. The van der Waals surface area contributed by atoms with E-state index in [1.54, 1.807) is 0 Å². The molecule has 13 heteroatoms. The van der Waals surface area contributed by atoms with Crippen LogP contribution >= 0.6 is 0 Å². The first-order chi connectivity index (χ1) is 14.8. The van der Waals surface area contributed by atoms with E-state index in [-0.39, 0.29) is 37.2 Å². The summed E-state index contributed by atoms with van der Waals surface area (Å²) in [4.78, 5) is 29.0. The van der Waals surface area contributed by atoms with E-state index >= 15 is 0 Å². The number of primary amides is 1. The van der Waals surface area contributed by atoms with Crippen molar-refractivity contribution in [3.05, 3.63) is 52.4 Å². The van der Waals surface area contributed by atoms with Gasteiger partial charge in [-0.25, -0.2) is 18.2 Å². The molecule has 0 saturated carbocycles. The maximum Gasteiger partial charge on any atom is 0.449 e. The van der Waals surface area contributed by atoms with Crippen molar-refractivity contribution in [2.24, 2.45) is 11.5 Å². The summed E-state index contributed by atoms with van der Waals surface area (Å²) in [7, 11) is 0. The van der Waals surface area contributed by atoms with Crippen molar-refractivity contribution in [3.8, 4) is 0 Å². The third kappa shape index (κ3) is 4.42. The Labute approximate surface area is 178 Å². The van der Waals surface area contributed by atoms with Gasteiger partial charge in [0, 0.05) is 31.6 Å². The Hall–Kier alpha value is -3.09. The smallest absolute Gasteiger partial charge is 0.364 e. The number of amides is 2. The number of halogens is 6. The molecule has 0 fully saturated rings. The number of hydrogen-bond acceptors (Lipinski definition) is 4. The maximum atomic E-state index is 13.8. The molecule has 0 spiro atoms. The van der Waals surface area contributed by atoms with Crippen molar-refractivity contribution in [1.29, 1.82) is 0 Å². The zero-order chi connectivity index (χ0) is 24.0.